The first-order valence-electron chi connectivity index (χ1n) is 9.93. The largest absolute Gasteiger partial charge is 0.490 e. The summed E-state index contributed by atoms with van der Waals surface area (Å²) in [4.78, 5) is 28.5. The fourth-order valence-corrected chi connectivity index (χ4v) is 3.29. The molecule has 0 bridgehead atoms. The predicted molar refractivity (Wildman–Crippen MR) is 124 cm³/mol. The molecule has 162 valence electrons. The topological polar surface area (TPSA) is 99.6 Å². The number of ether oxygens (including phenoxy) is 1. The lowest BCUT2D eigenvalue weighted by molar-refractivity contribution is -0.384. The summed E-state index contributed by atoms with van der Waals surface area (Å²) in [5.74, 6) is 0.879. The molecule has 3 aromatic rings. The number of aromatic nitrogens is 2. The highest BCUT2D eigenvalue weighted by Gasteiger charge is 2.16. The Morgan fingerprint density at radius 2 is 2.00 bits per heavy atom. The van der Waals surface area contributed by atoms with Gasteiger partial charge >= 0.3 is 0 Å². The SMILES string of the molecule is CC[C@H](C)Oc1ccc([N+](=O)[O-])cc1C=Nn1c(C(C)C)nc2ccc(Br)cc2c1=O. The summed E-state index contributed by atoms with van der Waals surface area (Å²) in [7, 11) is 0. The lowest BCUT2D eigenvalue weighted by Crippen LogP contribution is -2.23. The Labute approximate surface area is 187 Å². The Hall–Kier alpha value is -3.07. The molecule has 0 N–H and O–H groups in total. The Morgan fingerprint density at radius 3 is 2.65 bits per heavy atom. The number of nitrogens with zero attached hydrogens (tertiary/aromatic N) is 4. The lowest BCUT2D eigenvalue weighted by Gasteiger charge is -2.15. The third-order valence-electron chi connectivity index (χ3n) is 4.77. The van der Waals surface area contributed by atoms with Crippen molar-refractivity contribution >= 4 is 38.7 Å². The highest BCUT2D eigenvalue weighted by molar-refractivity contribution is 9.10. The molecule has 1 atom stereocenters. The van der Waals surface area contributed by atoms with Crippen molar-refractivity contribution in [3.8, 4) is 5.75 Å². The normalized spacial score (nSPS) is 12.6. The number of benzene rings is 2. The van der Waals surface area contributed by atoms with Crippen LogP contribution in [0.5, 0.6) is 5.75 Å². The fourth-order valence-electron chi connectivity index (χ4n) is 2.93. The first-order valence-corrected chi connectivity index (χ1v) is 10.7. The molecule has 0 aliphatic carbocycles. The van der Waals surface area contributed by atoms with Gasteiger partial charge in [0.2, 0.25) is 0 Å². The number of hydrogen-bond acceptors (Lipinski definition) is 6. The van der Waals surface area contributed by atoms with Crippen LogP contribution >= 0.6 is 15.9 Å². The van der Waals surface area contributed by atoms with E-state index in [4.69, 9.17) is 4.74 Å². The van der Waals surface area contributed by atoms with Gasteiger partial charge in [0.15, 0.2) is 0 Å². The van der Waals surface area contributed by atoms with E-state index >= 15 is 0 Å². The Kier molecular flexibility index (Phi) is 6.84. The van der Waals surface area contributed by atoms with Gasteiger partial charge in [0, 0.05) is 28.1 Å². The molecule has 9 heteroatoms. The first-order chi connectivity index (χ1) is 14.7. The van der Waals surface area contributed by atoms with Crippen LogP contribution in [0.2, 0.25) is 0 Å². The molecule has 0 fully saturated rings. The first kappa shape index (κ1) is 22.6. The molecule has 0 radical (unpaired) electrons. The highest BCUT2D eigenvalue weighted by atomic mass is 79.9. The summed E-state index contributed by atoms with van der Waals surface area (Å²) in [6, 6.07) is 9.62. The van der Waals surface area contributed by atoms with E-state index < -0.39 is 4.92 Å². The minimum atomic E-state index is -0.481. The molecule has 0 aliphatic rings. The van der Waals surface area contributed by atoms with E-state index in [1.807, 2.05) is 33.8 Å². The number of fused-ring (bicyclic) bond motifs is 1. The van der Waals surface area contributed by atoms with E-state index in [1.165, 1.54) is 23.0 Å². The van der Waals surface area contributed by atoms with Crippen LogP contribution in [0.3, 0.4) is 0 Å². The minimum Gasteiger partial charge on any atom is -0.490 e. The Morgan fingerprint density at radius 1 is 1.26 bits per heavy atom. The summed E-state index contributed by atoms with van der Waals surface area (Å²) in [5, 5.41) is 16.0. The van der Waals surface area contributed by atoms with Crippen LogP contribution in [0.25, 0.3) is 10.9 Å². The van der Waals surface area contributed by atoms with Gasteiger partial charge < -0.3 is 4.74 Å². The number of halogens is 1. The molecule has 31 heavy (non-hydrogen) atoms. The van der Waals surface area contributed by atoms with Gasteiger partial charge in [-0.1, -0.05) is 36.7 Å². The molecule has 0 aliphatic heterocycles. The van der Waals surface area contributed by atoms with Crippen molar-refractivity contribution in [1.29, 1.82) is 0 Å². The zero-order valence-corrected chi connectivity index (χ0v) is 19.3. The molecule has 3 rings (SSSR count). The molecule has 1 heterocycles. The van der Waals surface area contributed by atoms with Gasteiger partial charge in [-0.15, -0.1) is 0 Å². The van der Waals surface area contributed by atoms with Gasteiger partial charge in [-0.3, -0.25) is 14.9 Å². The van der Waals surface area contributed by atoms with Crippen molar-refractivity contribution in [2.75, 3.05) is 0 Å². The van der Waals surface area contributed by atoms with Crippen molar-refractivity contribution in [1.82, 2.24) is 9.66 Å². The smallest absolute Gasteiger partial charge is 0.282 e. The highest BCUT2D eigenvalue weighted by Crippen LogP contribution is 2.25. The van der Waals surface area contributed by atoms with Crippen LogP contribution in [0.4, 0.5) is 5.69 Å². The number of non-ortho nitro benzene ring substituents is 1. The van der Waals surface area contributed by atoms with Crippen LogP contribution < -0.4 is 10.3 Å². The van der Waals surface area contributed by atoms with Crippen LogP contribution in [-0.2, 0) is 0 Å². The van der Waals surface area contributed by atoms with Crippen molar-refractivity contribution in [3.63, 3.8) is 0 Å². The Bertz CT molecular complexity index is 1220. The Balaban J connectivity index is 2.17. The van der Waals surface area contributed by atoms with Crippen molar-refractivity contribution in [2.24, 2.45) is 5.10 Å². The maximum atomic E-state index is 13.2. The minimum absolute atomic E-state index is 0.0705. The molecular formula is C22H23BrN4O4. The lowest BCUT2D eigenvalue weighted by atomic mass is 10.1. The third kappa shape index (κ3) is 4.99. The molecule has 0 amide bonds. The molecule has 0 saturated heterocycles. The molecule has 0 unspecified atom stereocenters. The summed E-state index contributed by atoms with van der Waals surface area (Å²) in [6.07, 6.45) is 2.10. The number of hydrogen-bond donors (Lipinski definition) is 0. The van der Waals surface area contributed by atoms with Crippen molar-refractivity contribution < 1.29 is 9.66 Å². The second kappa shape index (κ2) is 9.38. The quantitative estimate of drug-likeness (QED) is 0.258. The molecule has 2 aromatic carbocycles. The van der Waals surface area contributed by atoms with E-state index in [1.54, 1.807) is 18.2 Å². The van der Waals surface area contributed by atoms with Crippen LogP contribution in [0, 0.1) is 10.1 Å². The number of rotatable bonds is 7. The average Bonchev–Trinajstić information content (AvgIpc) is 2.73. The van der Waals surface area contributed by atoms with Gasteiger partial charge in [0.25, 0.3) is 11.2 Å². The van der Waals surface area contributed by atoms with Crippen LogP contribution in [0.1, 0.15) is 51.4 Å². The van der Waals surface area contributed by atoms with Gasteiger partial charge in [-0.05, 0) is 37.6 Å². The van der Waals surface area contributed by atoms with E-state index in [9.17, 15) is 14.9 Å². The molecular weight excluding hydrogens is 464 g/mol. The van der Waals surface area contributed by atoms with Gasteiger partial charge in [-0.2, -0.15) is 9.78 Å². The molecule has 8 nitrogen and oxygen atoms in total. The number of nitro benzene ring substituents is 1. The zero-order valence-electron chi connectivity index (χ0n) is 17.7. The van der Waals surface area contributed by atoms with E-state index in [0.717, 1.165) is 10.9 Å². The van der Waals surface area contributed by atoms with Gasteiger partial charge in [0.1, 0.15) is 11.6 Å². The molecule has 0 saturated carbocycles. The average molecular weight is 487 g/mol. The summed E-state index contributed by atoms with van der Waals surface area (Å²) < 4.78 is 7.89. The maximum absolute atomic E-state index is 13.2. The standard InChI is InChI=1S/C22H23BrN4O4/c1-5-14(4)31-20-9-7-17(27(29)30)10-15(20)12-24-26-21(13(2)3)25-19-8-6-16(23)11-18(19)22(26)28/h6-14H,5H2,1-4H3/t14-/m0/s1. The summed E-state index contributed by atoms with van der Waals surface area (Å²) in [6.45, 7) is 7.73. The third-order valence-corrected chi connectivity index (χ3v) is 5.26. The van der Waals surface area contributed by atoms with E-state index in [2.05, 4.69) is 26.0 Å². The van der Waals surface area contributed by atoms with Crippen molar-refractivity contribution in [2.45, 2.75) is 46.1 Å². The van der Waals surface area contributed by atoms with Crippen LogP contribution in [0.15, 0.2) is 50.8 Å². The predicted octanol–water partition coefficient (Wildman–Crippen LogP) is 5.25. The summed E-state index contributed by atoms with van der Waals surface area (Å²) in [5.41, 5.74) is 0.584. The van der Waals surface area contributed by atoms with Gasteiger partial charge in [-0.25, -0.2) is 4.98 Å². The van der Waals surface area contributed by atoms with Crippen molar-refractivity contribution in [3.05, 3.63) is 72.7 Å². The van der Waals surface area contributed by atoms with E-state index in [0.29, 0.717) is 28.0 Å². The monoisotopic (exact) mass is 486 g/mol. The fraction of sp³-hybridized carbons (Fsp3) is 0.318. The van der Waals surface area contributed by atoms with Crippen LogP contribution in [-0.4, -0.2) is 26.9 Å². The zero-order chi connectivity index (χ0) is 22.7. The van der Waals surface area contributed by atoms with E-state index in [-0.39, 0.29) is 23.3 Å². The second-order valence-electron chi connectivity index (χ2n) is 7.46. The van der Waals surface area contributed by atoms with Gasteiger partial charge in [0.05, 0.1) is 28.1 Å². The number of nitro groups is 1. The summed E-state index contributed by atoms with van der Waals surface area (Å²) >= 11 is 3.38. The molecule has 1 aromatic heterocycles. The maximum Gasteiger partial charge on any atom is 0.282 e. The second-order valence-corrected chi connectivity index (χ2v) is 8.38. The molecule has 0 spiro atoms.